The van der Waals surface area contributed by atoms with E-state index < -0.39 is 48.4 Å². The largest absolute Gasteiger partial charge is 0.456 e. The summed E-state index contributed by atoms with van der Waals surface area (Å²) in [7, 11) is 0. The summed E-state index contributed by atoms with van der Waals surface area (Å²) < 4.78 is 21.1. The number of carbonyl (C=O) groups is 3. The molecule has 7 nitrogen and oxygen atoms in total. The summed E-state index contributed by atoms with van der Waals surface area (Å²) >= 11 is 0. The van der Waals surface area contributed by atoms with Crippen molar-refractivity contribution in [1.82, 2.24) is 0 Å². The summed E-state index contributed by atoms with van der Waals surface area (Å²) in [5.41, 5.74) is 0. The van der Waals surface area contributed by atoms with Crippen molar-refractivity contribution in [2.75, 3.05) is 0 Å². The molecule has 1 saturated heterocycles. The molecule has 1 heterocycles. The van der Waals surface area contributed by atoms with Crippen LogP contribution < -0.4 is 0 Å². The van der Waals surface area contributed by atoms with E-state index in [1.807, 2.05) is 0 Å². The van der Waals surface area contributed by atoms with Gasteiger partial charge in [0.25, 0.3) is 0 Å². The van der Waals surface area contributed by atoms with Gasteiger partial charge in [-0.1, -0.05) is 0 Å². The highest BCUT2D eigenvalue weighted by Crippen LogP contribution is 2.28. The predicted molar refractivity (Wildman–Crippen MR) is 66.7 cm³/mol. The molecule has 5 atom stereocenters. The molecular formula is C13H20O7. The van der Waals surface area contributed by atoms with Crippen LogP contribution in [0, 0.1) is 0 Å². The molecular weight excluding hydrogens is 268 g/mol. The monoisotopic (exact) mass is 288 g/mol. The van der Waals surface area contributed by atoms with Crippen molar-refractivity contribution < 1.29 is 33.3 Å². The number of esters is 3. The fourth-order valence-electron chi connectivity index (χ4n) is 2.25. The molecule has 0 aromatic rings. The first-order valence-corrected chi connectivity index (χ1v) is 6.39. The van der Waals surface area contributed by atoms with Gasteiger partial charge in [-0.3, -0.25) is 14.4 Å². The van der Waals surface area contributed by atoms with Crippen LogP contribution in [0.25, 0.3) is 0 Å². The van der Waals surface area contributed by atoms with Gasteiger partial charge >= 0.3 is 17.9 Å². The van der Waals surface area contributed by atoms with E-state index in [0.29, 0.717) is 0 Å². The zero-order chi connectivity index (χ0) is 15.4. The highest BCUT2D eigenvalue weighted by atomic mass is 16.6. The number of ether oxygens (including phenoxy) is 4. The summed E-state index contributed by atoms with van der Waals surface area (Å²) in [4.78, 5) is 33.6. The lowest BCUT2D eigenvalue weighted by Gasteiger charge is -2.42. The molecule has 0 bridgehead atoms. The zero-order valence-corrected chi connectivity index (χ0v) is 12.2. The van der Waals surface area contributed by atoms with Crippen LogP contribution >= 0.6 is 0 Å². The third-order valence-electron chi connectivity index (χ3n) is 2.91. The van der Waals surface area contributed by atoms with E-state index in [-0.39, 0.29) is 0 Å². The van der Waals surface area contributed by atoms with Gasteiger partial charge in [0.2, 0.25) is 0 Å². The second-order valence-electron chi connectivity index (χ2n) is 4.77. The molecule has 0 aliphatic carbocycles. The van der Waals surface area contributed by atoms with Gasteiger partial charge in [0.05, 0.1) is 12.2 Å². The number of rotatable bonds is 3. The van der Waals surface area contributed by atoms with Crippen molar-refractivity contribution >= 4 is 17.9 Å². The van der Waals surface area contributed by atoms with Crippen molar-refractivity contribution in [1.29, 1.82) is 0 Å². The Hall–Kier alpha value is -1.63. The summed E-state index contributed by atoms with van der Waals surface area (Å²) in [6.45, 7) is 7.13. The van der Waals surface area contributed by atoms with Crippen molar-refractivity contribution in [3.05, 3.63) is 0 Å². The van der Waals surface area contributed by atoms with E-state index in [0.717, 1.165) is 0 Å². The summed E-state index contributed by atoms with van der Waals surface area (Å²) in [5, 5.41) is 0. The fraction of sp³-hybridized carbons (Fsp3) is 0.769. The van der Waals surface area contributed by atoms with Crippen LogP contribution in [0.15, 0.2) is 0 Å². The SMILES string of the molecule is CC(=O)OC1C(OC(C)=O)[C@H](C)OC(C)[C@@H]1OC(C)=O. The topological polar surface area (TPSA) is 88.1 Å². The van der Waals surface area contributed by atoms with Crippen LogP contribution in [0.3, 0.4) is 0 Å². The molecule has 0 radical (unpaired) electrons. The van der Waals surface area contributed by atoms with Crippen LogP contribution in [0.2, 0.25) is 0 Å². The molecule has 0 spiro atoms. The second kappa shape index (κ2) is 6.69. The molecule has 1 rings (SSSR count). The summed E-state index contributed by atoms with van der Waals surface area (Å²) in [6, 6.07) is 0. The Labute approximate surface area is 117 Å². The molecule has 0 N–H and O–H groups in total. The van der Waals surface area contributed by atoms with Crippen molar-refractivity contribution in [3.8, 4) is 0 Å². The Morgan fingerprint density at radius 2 is 1.00 bits per heavy atom. The Kier molecular flexibility index (Phi) is 5.50. The zero-order valence-electron chi connectivity index (χ0n) is 12.2. The van der Waals surface area contributed by atoms with E-state index in [2.05, 4.69) is 0 Å². The molecule has 1 aliphatic rings. The first-order chi connectivity index (χ1) is 9.22. The number of hydrogen-bond donors (Lipinski definition) is 0. The van der Waals surface area contributed by atoms with E-state index in [9.17, 15) is 14.4 Å². The Morgan fingerprint density at radius 3 is 1.30 bits per heavy atom. The average Bonchev–Trinajstić information content (AvgIpc) is 2.27. The van der Waals surface area contributed by atoms with Gasteiger partial charge in [0.15, 0.2) is 18.3 Å². The van der Waals surface area contributed by atoms with Crippen molar-refractivity contribution in [3.63, 3.8) is 0 Å². The highest BCUT2D eigenvalue weighted by molar-refractivity contribution is 5.68. The fourth-order valence-corrected chi connectivity index (χ4v) is 2.25. The van der Waals surface area contributed by atoms with E-state index >= 15 is 0 Å². The van der Waals surface area contributed by atoms with Crippen LogP contribution in [0.5, 0.6) is 0 Å². The standard InChI is InChI=1S/C13H20O7/c1-6-11(18-8(3)14)13(20-10(5)16)12(7(2)17-6)19-9(4)15/h6-7,11-13H,1-5H3/t6-,7?,11?,12-,13?/m0/s1. The summed E-state index contributed by atoms with van der Waals surface area (Å²) in [5.74, 6) is -1.61. The van der Waals surface area contributed by atoms with Gasteiger partial charge in [-0.2, -0.15) is 0 Å². The molecule has 0 aromatic heterocycles. The molecule has 1 aliphatic heterocycles. The lowest BCUT2D eigenvalue weighted by molar-refractivity contribution is -0.240. The lowest BCUT2D eigenvalue weighted by Crippen LogP contribution is -2.59. The number of hydrogen-bond acceptors (Lipinski definition) is 7. The third kappa shape index (κ3) is 4.19. The predicted octanol–water partition coefficient (Wildman–Crippen LogP) is 0.589. The molecule has 7 heteroatoms. The summed E-state index contributed by atoms with van der Waals surface area (Å²) in [6.07, 6.45) is -3.50. The van der Waals surface area contributed by atoms with E-state index in [1.165, 1.54) is 20.8 Å². The molecule has 1 fully saturated rings. The average molecular weight is 288 g/mol. The number of carbonyl (C=O) groups excluding carboxylic acids is 3. The Morgan fingerprint density at radius 1 is 0.700 bits per heavy atom. The minimum Gasteiger partial charge on any atom is -0.456 e. The van der Waals surface area contributed by atoms with Gasteiger partial charge in [0.1, 0.15) is 0 Å². The van der Waals surface area contributed by atoms with Gasteiger partial charge in [-0.05, 0) is 13.8 Å². The Bertz CT molecular complexity index is 364. The lowest BCUT2D eigenvalue weighted by atomic mass is 9.95. The third-order valence-corrected chi connectivity index (χ3v) is 2.91. The molecule has 114 valence electrons. The maximum atomic E-state index is 11.2. The van der Waals surface area contributed by atoms with E-state index in [1.54, 1.807) is 13.8 Å². The van der Waals surface area contributed by atoms with Crippen molar-refractivity contribution in [2.45, 2.75) is 65.1 Å². The molecule has 0 amide bonds. The Balaban J connectivity index is 3.01. The van der Waals surface area contributed by atoms with Crippen molar-refractivity contribution in [2.24, 2.45) is 0 Å². The van der Waals surface area contributed by atoms with Crippen LogP contribution in [-0.2, 0) is 33.3 Å². The minimum absolute atomic E-state index is 0.481. The molecule has 20 heavy (non-hydrogen) atoms. The maximum absolute atomic E-state index is 11.2. The minimum atomic E-state index is -0.890. The molecule has 0 aromatic carbocycles. The first kappa shape index (κ1) is 16.4. The smallest absolute Gasteiger partial charge is 0.303 e. The maximum Gasteiger partial charge on any atom is 0.303 e. The van der Waals surface area contributed by atoms with Crippen LogP contribution in [-0.4, -0.2) is 48.4 Å². The van der Waals surface area contributed by atoms with Gasteiger partial charge in [-0.15, -0.1) is 0 Å². The van der Waals surface area contributed by atoms with E-state index in [4.69, 9.17) is 18.9 Å². The first-order valence-electron chi connectivity index (χ1n) is 6.39. The molecule has 0 saturated carbocycles. The van der Waals surface area contributed by atoms with Gasteiger partial charge < -0.3 is 18.9 Å². The van der Waals surface area contributed by atoms with Crippen LogP contribution in [0.1, 0.15) is 34.6 Å². The molecule has 3 unspecified atom stereocenters. The second-order valence-corrected chi connectivity index (χ2v) is 4.77. The quantitative estimate of drug-likeness (QED) is 0.554. The highest BCUT2D eigenvalue weighted by Gasteiger charge is 2.48. The van der Waals surface area contributed by atoms with Gasteiger partial charge in [-0.25, -0.2) is 0 Å². The van der Waals surface area contributed by atoms with Gasteiger partial charge in [0, 0.05) is 20.8 Å². The normalized spacial score (nSPS) is 33.1. The van der Waals surface area contributed by atoms with Crippen LogP contribution in [0.4, 0.5) is 0 Å².